The molecule has 0 aliphatic heterocycles. The van der Waals surface area contributed by atoms with Gasteiger partial charge in [-0.2, -0.15) is 0 Å². The lowest BCUT2D eigenvalue weighted by Crippen LogP contribution is -2.01. The van der Waals surface area contributed by atoms with Gasteiger partial charge in [0.05, 0.1) is 4.47 Å². The molecule has 0 heterocycles. The fourth-order valence-corrected chi connectivity index (χ4v) is 2.01. The lowest BCUT2D eigenvalue weighted by molar-refractivity contribution is 0.304. The Morgan fingerprint density at radius 1 is 1.05 bits per heavy atom. The minimum atomic E-state index is -0.358. The average Bonchev–Trinajstić information content (AvgIpc) is 2.39. The van der Waals surface area contributed by atoms with Gasteiger partial charge in [-0.05, 0) is 57.4 Å². The Morgan fingerprint density at radius 2 is 1.79 bits per heavy atom. The van der Waals surface area contributed by atoms with E-state index in [4.69, 9.17) is 10.5 Å². The van der Waals surface area contributed by atoms with Crippen LogP contribution in [0.5, 0.6) is 5.75 Å². The van der Waals surface area contributed by atoms with Crippen LogP contribution in [0.2, 0.25) is 0 Å². The van der Waals surface area contributed by atoms with Crippen LogP contribution in [0.3, 0.4) is 0 Å². The van der Waals surface area contributed by atoms with Gasteiger partial charge in [-0.3, -0.25) is 0 Å². The minimum Gasteiger partial charge on any atom is -0.489 e. The second-order valence-corrected chi connectivity index (χ2v) is 4.89. The van der Waals surface area contributed by atoms with Crippen molar-refractivity contribution in [3.05, 3.63) is 63.6 Å². The van der Waals surface area contributed by atoms with Gasteiger partial charge in [0.2, 0.25) is 0 Å². The Labute approximate surface area is 118 Å². The van der Waals surface area contributed by atoms with Gasteiger partial charge in [-0.1, -0.05) is 6.07 Å². The molecule has 0 atom stereocenters. The smallest absolute Gasteiger partial charge is 0.137 e. The molecule has 2 aromatic carbocycles. The van der Waals surface area contributed by atoms with Gasteiger partial charge in [0.1, 0.15) is 24.0 Å². The van der Waals surface area contributed by atoms with E-state index in [1.807, 2.05) is 0 Å². The Balaban J connectivity index is 2.09. The molecule has 0 aliphatic carbocycles. The van der Waals surface area contributed by atoms with Crippen molar-refractivity contribution < 1.29 is 13.5 Å². The van der Waals surface area contributed by atoms with Crippen LogP contribution in [-0.2, 0) is 13.2 Å². The van der Waals surface area contributed by atoms with E-state index >= 15 is 0 Å². The standard InChI is InChI=1S/C14H12BrF2NO/c15-13-6-12(1-2-14(13)17)19-8-10-3-9(7-18)4-11(16)5-10/h1-6H,7-8,18H2. The van der Waals surface area contributed by atoms with Gasteiger partial charge in [0, 0.05) is 6.54 Å². The molecule has 0 aromatic heterocycles. The van der Waals surface area contributed by atoms with Crippen molar-refractivity contribution in [1.29, 1.82) is 0 Å². The Bertz CT molecular complexity index is 590. The van der Waals surface area contributed by atoms with Crippen LogP contribution < -0.4 is 10.5 Å². The van der Waals surface area contributed by atoms with Crippen LogP contribution in [0.1, 0.15) is 11.1 Å². The lowest BCUT2D eigenvalue weighted by atomic mass is 10.1. The number of hydrogen-bond acceptors (Lipinski definition) is 2. The molecule has 2 N–H and O–H groups in total. The SMILES string of the molecule is NCc1cc(F)cc(COc2ccc(F)c(Br)c2)c1. The minimum absolute atomic E-state index is 0.197. The van der Waals surface area contributed by atoms with E-state index in [0.29, 0.717) is 21.3 Å². The highest BCUT2D eigenvalue weighted by atomic mass is 79.9. The molecule has 2 rings (SSSR count). The first-order valence-corrected chi connectivity index (χ1v) is 6.44. The summed E-state index contributed by atoms with van der Waals surface area (Å²) in [5, 5.41) is 0. The summed E-state index contributed by atoms with van der Waals surface area (Å²) in [5.74, 6) is -0.197. The van der Waals surface area contributed by atoms with E-state index in [1.54, 1.807) is 6.07 Å². The van der Waals surface area contributed by atoms with E-state index in [2.05, 4.69) is 15.9 Å². The maximum Gasteiger partial charge on any atom is 0.137 e. The highest BCUT2D eigenvalue weighted by Gasteiger charge is 2.04. The van der Waals surface area contributed by atoms with Crippen molar-refractivity contribution in [2.45, 2.75) is 13.2 Å². The van der Waals surface area contributed by atoms with E-state index in [-0.39, 0.29) is 24.8 Å². The zero-order chi connectivity index (χ0) is 13.8. The molecule has 100 valence electrons. The molecular formula is C14H12BrF2NO. The van der Waals surface area contributed by atoms with E-state index in [9.17, 15) is 8.78 Å². The molecule has 0 amide bonds. The summed E-state index contributed by atoms with van der Waals surface area (Å²) >= 11 is 3.08. The van der Waals surface area contributed by atoms with Crippen LogP contribution in [0.15, 0.2) is 40.9 Å². The summed E-state index contributed by atoms with van der Waals surface area (Å²) in [7, 11) is 0. The maximum atomic E-state index is 13.3. The van der Waals surface area contributed by atoms with Crippen LogP contribution in [-0.4, -0.2) is 0 Å². The third-order valence-corrected chi connectivity index (χ3v) is 3.16. The molecule has 0 spiro atoms. The third-order valence-electron chi connectivity index (χ3n) is 2.55. The molecule has 0 fully saturated rings. The number of ether oxygens (including phenoxy) is 1. The topological polar surface area (TPSA) is 35.2 Å². The second-order valence-electron chi connectivity index (χ2n) is 4.04. The van der Waals surface area contributed by atoms with E-state index < -0.39 is 0 Å². The summed E-state index contributed by atoms with van der Waals surface area (Å²) in [4.78, 5) is 0. The van der Waals surface area contributed by atoms with Crippen molar-refractivity contribution in [3.63, 3.8) is 0 Å². The quantitative estimate of drug-likeness (QED) is 0.927. The van der Waals surface area contributed by atoms with Crippen molar-refractivity contribution in [3.8, 4) is 5.75 Å². The van der Waals surface area contributed by atoms with Crippen molar-refractivity contribution in [1.82, 2.24) is 0 Å². The van der Waals surface area contributed by atoms with Crippen LogP contribution in [0.25, 0.3) is 0 Å². The zero-order valence-corrected chi connectivity index (χ0v) is 11.6. The van der Waals surface area contributed by atoms with Gasteiger partial charge >= 0.3 is 0 Å². The molecule has 19 heavy (non-hydrogen) atoms. The first-order chi connectivity index (χ1) is 9.08. The van der Waals surface area contributed by atoms with Gasteiger partial charge < -0.3 is 10.5 Å². The molecule has 0 bridgehead atoms. The van der Waals surface area contributed by atoms with Gasteiger partial charge in [-0.15, -0.1) is 0 Å². The largest absolute Gasteiger partial charge is 0.489 e. The first kappa shape index (κ1) is 14.0. The molecular weight excluding hydrogens is 316 g/mol. The first-order valence-electron chi connectivity index (χ1n) is 5.65. The predicted molar refractivity (Wildman–Crippen MR) is 72.7 cm³/mol. The highest BCUT2D eigenvalue weighted by Crippen LogP contribution is 2.22. The van der Waals surface area contributed by atoms with Crippen LogP contribution >= 0.6 is 15.9 Å². The number of rotatable bonds is 4. The summed E-state index contributed by atoms with van der Waals surface area (Å²) < 4.78 is 32.1. The zero-order valence-electron chi connectivity index (χ0n) is 10.00. The summed E-state index contributed by atoms with van der Waals surface area (Å²) in [6, 6.07) is 8.90. The molecule has 0 saturated carbocycles. The number of benzene rings is 2. The monoisotopic (exact) mass is 327 g/mol. The van der Waals surface area contributed by atoms with Gasteiger partial charge in [-0.25, -0.2) is 8.78 Å². The molecule has 0 saturated heterocycles. The predicted octanol–water partition coefficient (Wildman–Crippen LogP) is 3.77. The number of nitrogens with two attached hydrogens (primary N) is 1. The van der Waals surface area contributed by atoms with Crippen LogP contribution in [0.4, 0.5) is 8.78 Å². The average molecular weight is 328 g/mol. The van der Waals surface area contributed by atoms with Crippen LogP contribution in [0, 0.1) is 11.6 Å². The fraction of sp³-hybridized carbons (Fsp3) is 0.143. The van der Waals surface area contributed by atoms with E-state index in [1.165, 1.54) is 30.3 Å². The normalized spacial score (nSPS) is 10.5. The summed E-state index contributed by atoms with van der Waals surface area (Å²) in [6.45, 7) is 0.468. The number of halogens is 3. The molecule has 0 radical (unpaired) electrons. The molecule has 2 aromatic rings. The van der Waals surface area contributed by atoms with E-state index in [0.717, 1.165) is 0 Å². The van der Waals surface area contributed by atoms with Gasteiger partial charge in [0.15, 0.2) is 0 Å². The molecule has 0 unspecified atom stereocenters. The highest BCUT2D eigenvalue weighted by molar-refractivity contribution is 9.10. The maximum absolute atomic E-state index is 13.3. The van der Waals surface area contributed by atoms with Crippen molar-refractivity contribution >= 4 is 15.9 Å². The Morgan fingerprint density at radius 3 is 2.47 bits per heavy atom. The summed E-state index contributed by atoms with van der Waals surface area (Å²) in [6.07, 6.45) is 0. The van der Waals surface area contributed by atoms with Crippen molar-refractivity contribution in [2.75, 3.05) is 0 Å². The second kappa shape index (κ2) is 6.12. The number of hydrogen-bond donors (Lipinski definition) is 1. The third kappa shape index (κ3) is 3.75. The molecule has 0 aliphatic rings. The summed E-state index contributed by atoms with van der Waals surface area (Å²) in [5.41, 5.74) is 6.86. The fourth-order valence-electron chi connectivity index (χ4n) is 1.65. The molecule has 2 nitrogen and oxygen atoms in total. The van der Waals surface area contributed by atoms with Crippen molar-refractivity contribution in [2.24, 2.45) is 5.73 Å². The molecule has 5 heteroatoms. The lowest BCUT2D eigenvalue weighted by Gasteiger charge is -2.08. The Kier molecular flexibility index (Phi) is 4.50. The Hall–Kier alpha value is -1.46. The van der Waals surface area contributed by atoms with Gasteiger partial charge in [0.25, 0.3) is 0 Å².